The quantitative estimate of drug-likeness (QED) is 0.0821. The number of carbonyl (C=O) groups excluding carboxylic acids is 4. The van der Waals surface area contributed by atoms with Crippen molar-refractivity contribution in [2.45, 2.75) is 13.3 Å². The van der Waals surface area contributed by atoms with Crippen LogP contribution >= 0.6 is 23.2 Å². The number of benzene rings is 4. The smallest absolute Gasteiger partial charge is 0.343 e. The molecule has 230 valence electrons. The molecule has 0 bridgehead atoms. The molecule has 0 aliphatic rings. The van der Waals surface area contributed by atoms with Gasteiger partial charge in [0.15, 0.2) is 0 Å². The van der Waals surface area contributed by atoms with E-state index < -0.39 is 23.8 Å². The summed E-state index contributed by atoms with van der Waals surface area (Å²) in [4.78, 5) is 50.2. The highest BCUT2D eigenvalue weighted by Gasteiger charge is 2.15. The van der Waals surface area contributed by atoms with Gasteiger partial charge in [-0.05, 0) is 91.3 Å². The van der Waals surface area contributed by atoms with E-state index in [1.165, 1.54) is 60.8 Å². The Kier molecular flexibility index (Phi) is 11.7. The second-order valence-corrected chi connectivity index (χ2v) is 10.2. The third kappa shape index (κ3) is 9.92. The van der Waals surface area contributed by atoms with Crippen molar-refractivity contribution in [3.05, 3.63) is 123 Å². The minimum absolute atomic E-state index is 0.00554. The zero-order valence-electron chi connectivity index (χ0n) is 23.9. The number of rotatable bonds is 12. The topological polar surface area (TPSA) is 132 Å². The maximum absolute atomic E-state index is 12.8. The first-order chi connectivity index (χ1) is 21.7. The molecule has 10 nitrogen and oxygen atoms in total. The summed E-state index contributed by atoms with van der Waals surface area (Å²) >= 11 is 11.8. The SMILES string of the molecule is CCCOc1ccc(C(=O)NCC(=O)N/N=C\c2ccc(OC(=O)c3ccc(Cl)cc3)cc2OC(=O)c2ccc(Cl)cc2)cc1. The minimum atomic E-state index is -0.709. The molecule has 0 aromatic heterocycles. The summed E-state index contributed by atoms with van der Waals surface area (Å²) in [6, 6.07) is 23.0. The lowest BCUT2D eigenvalue weighted by Gasteiger charge is -2.11. The summed E-state index contributed by atoms with van der Waals surface area (Å²) in [5.41, 5.74) is 3.42. The highest BCUT2D eigenvalue weighted by atomic mass is 35.5. The lowest BCUT2D eigenvalue weighted by molar-refractivity contribution is -0.120. The Hall–Kier alpha value is -5.19. The Morgan fingerprint density at radius 1 is 0.733 bits per heavy atom. The van der Waals surface area contributed by atoms with Crippen molar-refractivity contribution < 1.29 is 33.4 Å². The number of ether oxygens (including phenoxy) is 3. The summed E-state index contributed by atoms with van der Waals surface area (Å²) in [7, 11) is 0. The van der Waals surface area contributed by atoms with E-state index in [0.29, 0.717) is 28.0 Å². The number of nitrogens with zero attached hydrogens (tertiary/aromatic N) is 1. The van der Waals surface area contributed by atoms with E-state index in [0.717, 1.165) is 6.42 Å². The Morgan fingerprint density at radius 3 is 1.89 bits per heavy atom. The third-order valence-electron chi connectivity index (χ3n) is 5.95. The number of hydrogen-bond donors (Lipinski definition) is 2. The van der Waals surface area contributed by atoms with Gasteiger partial charge in [0.2, 0.25) is 0 Å². The van der Waals surface area contributed by atoms with Gasteiger partial charge in [-0.25, -0.2) is 15.0 Å². The molecule has 2 amide bonds. The van der Waals surface area contributed by atoms with Crippen LogP contribution in [0.2, 0.25) is 10.0 Å². The van der Waals surface area contributed by atoms with Crippen LogP contribution in [0.15, 0.2) is 96.1 Å². The van der Waals surface area contributed by atoms with Crippen LogP contribution in [0, 0.1) is 0 Å². The molecule has 0 fully saturated rings. The van der Waals surface area contributed by atoms with E-state index in [2.05, 4.69) is 15.8 Å². The van der Waals surface area contributed by atoms with Crippen molar-refractivity contribution in [2.75, 3.05) is 13.2 Å². The molecular formula is C33H27Cl2N3O7. The van der Waals surface area contributed by atoms with E-state index in [1.807, 2.05) is 6.92 Å². The Morgan fingerprint density at radius 2 is 1.29 bits per heavy atom. The molecule has 0 spiro atoms. The van der Waals surface area contributed by atoms with Crippen LogP contribution in [0.5, 0.6) is 17.2 Å². The number of nitrogens with one attached hydrogen (secondary N) is 2. The molecule has 2 N–H and O–H groups in total. The fraction of sp³-hybridized carbons (Fsp3) is 0.121. The van der Waals surface area contributed by atoms with Crippen molar-refractivity contribution >= 4 is 53.2 Å². The molecule has 4 rings (SSSR count). The van der Waals surface area contributed by atoms with Gasteiger partial charge in [-0.1, -0.05) is 30.1 Å². The van der Waals surface area contributed by atoms with Crippen LogP contribution in [-0.2, 0) is 4.79 Å². The lowest BCUT2D eigenvalue weighted by Crippen LogP contribution is -2.34. The number of amides is 2. The van der Waals surface area contributed by atoms with Crippen molar-refractivity contribution in [3.63, 3.8) is 0 Å². The first-order valence-electron chi connectivity index (χ1n) is 13.6. The fourth-order valence-corrected chi connectivity index (χ4v) is 3.92. The third-order valence-corrected chi connectivity index (χ3v) is 6.45. The van der Waals surface area contributed by atoms with Gasteiger partial charge in [-0.3, -0.25) is 9.59 Å². The molecule has 0 radical (unpaired) electrons. The summed E-state index contributed by atoms with van der Waals surface area (Å²) in [5, 5.41) is 7.33. The summed E-state index contributed by atoms with van der Waals surface area (Å²) in [6.07, 6.45) is 2.10. The molecule has 0 atom stereocenters. The minimum Gasteiger partial charge on any atom is -0.494 e. The van der Waals surface area contributed by atoms with E-state index in [4.69, 9.17) is 37.4 Å². The average Bonchev–Trinajstić information content (AvgIpc) is 3.04. The van der Waals surface area contributed by atoms with Gasteiger partial charge in [0.1, 0.15) is 17.2 Å². The molecule has 12 heteroatoms. The van der Waals surface area contributed by atoms with Gasteiger partial charge in [0.25, 0.3) is 11.8 Å². The first-order valence-corrected chi connectivity index (χ1v) is 14.4. The number of carbonyl (C=O) groups is 4. The molecule has 0 saturated heterocycles. The number of esters is 2. The first kappa shape index (κ1) is 32.7. The average molecular weight is 648 g/mol. The van der Waals surface area contributed by atoms with E-state index in [-0.39, 0.29) is 34.7 Å². The highest BCUT2D eigenvalue weighted by Crippen LogP contribution is 2.26. The van der Waals surface area contributed by atoms with E-state index in [9.17, 15) is 19.2 Å². The zero-order valence-corrected chi connectivity index (χ0v) is 25.4. The van der Waals surface area contributed by atoms with Gasteiger partial charge in [0.05, 0.1) is 30.5 Å². The van der Waals surface area contributed by atoms with Gasteiger partial charge in [0, 0.05) is 27.2 Å². The maximum Gasteiger partial charge on any atom is 0.343 e. The lowest BCUT2D eigenvalue weighted by atomic mass is 10.2. The Bertz CT molecular complexity index is 1690. The second-order valence-electron chi connectivity index (χ2n) is 9.34. The van der Waals surface area contributed by atoms with Gasteiger partial charge in [-0.2, -0.15) is 5.10 Å². The Balaban J connectivity index is 1.41. The fourth-order valence-electron chi connectivity index (χ4n) is 3.67. The molecule has 0 aliphatic heterocycles. The van der Waals surface area contributed by atoms with Crippen molar-refractivity contribution in [3.8, 4) is 17.2 Å². The predicted octanol–water partition coefficient (Wildman–Crippen LogP) is 6.10. The maximum atomic E-state index is 12.8. The van der Waals surface area contributed by atoms with Crippen LogP contribution in [0.1, 0.15) is 50.0 Å². The standard InChI is InChI=1S/C33H27Cl2N3O7/c1-2-17-43-27-14-7-21(8-15-27)31(40)36-20-30(39)38-37-19-24-9-16-28(44-32(41)22-3-10-25(34)11-4-22)18-29(24)45-33(42)23-5-12-26(35)13-6-23/h3-16,18-19H,2,17,20H2,1H3,(H,36,40)(H,38,39)/b37-19-. The molecule has 45 heavy (non-hydrogen) atoms. The molecule has 0 unspecified atom stereocenters. The van der Waals surface area contributed by atoms with Crippen LogP contribution in [0.25, 0.3) is 0 Å². The van der Waals surface area contributed by atoms with Crippen molar-refractivity contribution in [1.29, 1.82) is 0 Å². The van der Waals surface area contributed by atoms with Crippen LogP contribution in [0.3, 0.4) is 0 Å². The van der Waals surface area contributed by atoms with Gasteiger partial charge in [-0.15, -0.1) is 0 Å². The number of hydrazone groups is 1. The van der Waals surface area contributed by atoms with Crippen LogP contribution in [-0.4, -0.2) is 43.1 Å². The largest absolute Gasteiger partial charge is 0.494 e. The second kappa shape index (κ2) is 16.0. The van der Waals surface area contributed by atoms with Gasteiger partial charge < -0.3 is 19.5 Å². The summed E-state index contributed by atoms with van der Waals surface area (Å²) < 4.78 is 16.5. The Labute approximate surface area is 268 Å². The normalized spacial score (nSPS) is 10.6. The molecule has 0 saturated carbocycles. The molecule has 4 aromatic rings. The zero-order chi connectivity index (χ0) is 32.2. The number of hydrogen-bond acceptors (Lipinski definition) is 8. The highest BCUT2D eigenvalue weighted by molar-refractivity contribution is 6.31. The van der Waals surface area contributed by atoms with E-state index in [1.54, 1.807) is 36.4 Å². The summed E-state index contributed by atoms with van der Waals surface area (Å²) in [5.74, 6) is -1.69. The van der Waals surface area contributed by atoms with Crippen LogP contribution < -0.4 is 25.0 Å². The van der Waals surface area contributed by atoms with Gasteiger partial charge >= 0.3 is 11.9 Å². The molecule has 4 aromatic carbocycles. The number of halogens is 2. The van der Waals surface area contributed by atoms with Crippen molar-refractivity contribution in [1.82, 2.24) is 10.7 Å². The monoisotopic (exact) mass is 647 g/mol. The van der Waals surface area contributed by atoms with Crippen molar-refractivity contribution in [2.24, 2.45) is 5.10 Å². The van der Waals surface area contributed by atoms with Crippen LogP contribution in [0.4, 0.5) is 0 Å². The molecule has 0 aliphatic carbocycles. The molecular weight excluding hydrogens is 621 g/mol. The van der Waals surface area contributed by atoms with E-state index >= 15 is 0 Å². The summed E-state index contributed by atoms with van der Waals surface area (Å²) in [6.45, 7) is 2.22. The predicted molar refractivity (Wildman–Crippen MR) is 170 cm³/mol. The molecule has 0 heterocycles.